The number of allylic oxidation sites excluding steroid dienone is 1. The lowest BCUT2D eigenvalue weighted by molar-refractivity contribution is 0.620. The summed E-state index contributed by atoms with van der Waals surface area (Å²) >= 11 is 0. The molecule has 0 spiro atoms. The maximum atomic E-state index is 4.72. The van der Waals surface area contributed by atoms with Crippen LogP contribution in [0.1, 0.15) is 22.4 Å². The van der Waals surface area contributed by atoms with Crippen LogP contribution < -0.4 is 9.80 Å². The van der Waals surface area contributed by atoms with Crippen LogP contribution in [0.2, 0.25) is 0 Å². The second-order valence-electron chi connectivity index (χ2n) is 9.20. The number of rotatable bonds is 5. The van der Waals surface area contributed by atoms with E-state index in [0.717, 1.165) is 17.7 Å². The predicted octanol–water partition coefficient (Wildman–Crippen LogP) is 5.76. The van der Waals surface area contributed by atoms with Crippen molar-refractivity contribution in [3.8, 4) is 11.3 Å². The lowest BCUT2D eigenvalue weighted by Gasteiger charge is -2.35. The van der Waals surface area contributed by atoms with Crippen LogP contribution in [0.15, 0.2) is 84.9 Å². The molecular formula is C29H30N4. The lowest BCUT2D eigenvalue weighted by Crippen LogP contribution is -2.31. The molecular weight excluding hydrogens is 404 g/mol. The molecule has 166 valence electrons. The molecule has 4 nitrogen and oxygen atoms in total. The topological polar surface area (TPSA) is 35.2 Å². The number of anilines is 2. The molecule has 0 saturated heterocycles. The van der Waals surface area contributed by atoms with Gasteiger partial charge in [0.25, 0.3) is 0 Å². The smallest absolute Gasteiger partial charge is 0.0995 e. The van der Waals surface area contributed by atoms with Gasteiger partial charge in [0.2, 0.25) is 0 Å². The Kier molecular flexibility index (Phi) is 5.29. The Morgan fingerprint density at radius 1 is 0.758 bits per heavy atom. The number of H-pyrrole nitrogens is 1. The molecule has 0 atom stereocenters. The quantitative estimate of drug-likeness (QED) is 0.433. The Hall–Kier alpha value is -3.79. The Balaban J connectivity index is 1.68. The van der Waals surface area contributed by atoms with Gasteiger partial charge in [-0.05, 0) is 35.4 Å². The average Bonchev–Trinajstić information content (AvgIpc) is 3.27. The van der Waals surface area contributed by atoms with Crippen molar-refractivity contribution in [3.05, 3.63) is 107 Å². The minimum atomic E-state index is -0.286. The highest BCUT2D eigenvalue weighted by Gasteiger charge is 2.37. The molecule has 1 aliphatic rings. The van der Waals surface area contributed by atoms with Gasteiger partial charge in [-0.2, -0.15) is 5.10 Å². The van der Waals surface area contributed by atoms with E-state index in [2.05, 4.69) is 128 Å². The number of benzene rings is 3. The van der Waals surface area contributed by atoms with Crippen molar-refractivity contribution in [2.24, 2.45) is 0 Å². The summed E-state index contributed by atoms with van der Waals surface area (Å²) in [5, 5.41) is 8.09. The van der Waals surface area contributed by atoms with E-state index >= 15 is 0 Å². The predicted molar refractivity (Wildman–Crippen MR) is 139 cm³/mol. The van der Waals surface area contributed by atoms with Crippen molar-refractivity contribution >= 4 is 17.5 Å². The van der Waals surface area contributed by atoms with E-state index in [1.807, 2.05) is 6.07 Å². The molecule has 4 heteroatoms. The summed E-state index contributed by atoms with van der Waals surface area (Å²) in [6.07, 6.45) is 5.46. The molecule has 0 bridgehead atoms. The fourth-order valence-electron chi connectivity index (χ4n) is 4.77. The summed E-state index contributed by atoms with van der Waals surface area (Å²) in [6.45, 7) is 0. The maximum Gasteiger partial charge on any atom is 0.0995 e. The fraction of sp³-hybridized carbons (Fsp3) is 0.207. The van der Waals surface area contributed by atoms with Crippen LogP contribution in [0.25, 0.3) is 17.3 Å². The molecule has 0 radical (unpaired) electrons. The van der Waals surface area contributed by atoms with Gasteiger partial charge in [-0.1, -0.05) is 66.7 Å². The van der Waals surface area contributed by atoms with Gasteiger partial charge in [0.1, 0.15) is 0 Å². The number of aromatic amines is 1. The number of fused-ring (bicyclic) bond motifs is 1. The molecule has 1 heterocycles. The standard InChI is InChI=1S/C29H30N4/c1-32(2)24-14-8-12-22(18-24)29(23-13-9-15-25(19-23)33(3)4)17-16-26-27(20-29)30-31-28(26)21-10-6-5-7-11-21/h5-19H,20H2,1-4H3,(H,30,31). The Labute approximate surface area is 196 Å². The molecule has 0 aliphatic heterocycles. The lowest BCUT2D eigenvalue weighted by atomic mass is 9.68. The monoisotopic (exact) mass is 434 g/mol. The van der Waals surface area contributed by atoms with Crippen LogP contribution in [-0.4, -0.2) is 38.4 Å². The van der Waals surface area contributed by atoms with Crippen molar-refractivity contribution < 1.29 is 0 Å². The van der Waals surface area contributed by atoms with Crippen molar-refractivity contribution in [2.75, 3.05) is 38.0 Å². The van der Waals surface area contributed by atoms with Crippen molar-refractivity contribution in [1.29, 1.82) is 0 Å². The van der Waals surface area contributed by atoms with E-state index in [-0.39, 0.29) is 5.41 Å². The molecule has 0 saturated carbocycles. The molecule has 0 fully saturated rings. The molecule has 3 aromatic carbocycles. The summed E-state index contributed by atoms with van der Waals surface area (Å²) in [5.74, 6) is 0. The van der Waals surface area contributed by atoms with Crippen LogP contribution in [0.3, 0.4) is 0 Å². The van der Waals surface area contributed by atoms with Crippen molar-refractivity contribution in [3.63, 3.8) is 0 Å². The maximum absolute atomic E-state index is 4.72. The summed E-state index contributed by atoms with van der Waals surface area (Å²) in [6, 6.07) is 28.2. The molecule has 0 unspecified atom stereocenters. The van der Waals surface area contributed by atoms with E-state index in [1.54, 1.807) is 0 Å². The zero-order valence-corrected chi connectivity index (χ0v) is 19.7. The molecule has 4 aromatic rings. The second-order valence-corrected chi connectivity index (χ2v) is 9.20. The molecule has 5 rings (SSSR count). The van der Waals surface area contributed by atoms with Gasteiger partial charge in [0.05, 0.1) is 5.69 Å². The van der Waals surface area contributed by atoms with Crippen LogP contribution in [0.4, 0.5) is 11.4 Å². The first-order chi connectivity index (χ1) is 16.0. The van der Waals surface area contributed by atoms with Gasteiger partial charge in [0, 0.05) is 68.2 Å². The fourth-order valence-corrected chi connectivity index (χ4v) is 4.77. The van der Waals surface area contributed by atoms with Crippen molar-refractivity contribution in [1.82, 2.24) is 10.2 Å². The highest BCUT2D eigenvalue weighted by atomic mass is 15.1. The van der Waals surface area contributed by atoms with Gasteiger partial charge in [-0.25, -0.2) is 0 Å². The minimum absolute atomic E-state index is 0.286. The largest absolute Gasteiger partial charge is 0.378 e. The summed E-state index contributed by atoms with van der Waals surface area (Å²) in [7, 11) is 8.37. The van der Waals surface area contributed by atoms with E-state index < -0.39 is 0 Å². The molecule has 1 aliphatic carbocycles. The van der Waals surface area contributed by atoms with E-state index in [9.17, 15) is 0 Å². The Bertz CT molecular complexity index is 1250. The third kappa shape index (κ3) is 3.72. The Morgan fingerprint density at radius 2 is 1.36 bits per heavy atom. The highest BCUT2D eigenvalue weighted by Crippen LogP contribution is 2.44. The van der Waals surface area contributed by atoms with Crippen LogP contribution in [0, 0.1) is 0 Å². The van der Waals surface area contributed by atoms with Crippen LogP contribution in [0.5, 0.6) is 0 Å². The van der Waals surface area contributed by atoms with Gasteiger partial charge in [-0.15, -0.1) is 0 Å². The number of hydrogen-bond acceptors (Lipinski definition) is 3. The number of nitrogens with zero attached hydrogens (tertiary/aromatic N) is 3. The normalized spacial score (nSPS) is 14.1. The summed E-state index contributed by atoms with van der Waals surface area (Å²) in [4.78, 5) is 4.32. The van der Waals surface area contributed by atoms with Gasteiger partial charge in [0.15, 0.2) is 0 Å². The van der Waals surface area contributed by atoms with E-state index in [1.165, 1.54) is 33.8 Å². The average molecular weight is 435 g/mol. The van der Waals surface area contributed by atoms with Gasteiger partial charge in [-0.3, -0.25) is 5.10 Å². The molecule has 0 amide bonds. The van der Waals surface area contributed by atoms with Gasteiger partial charge >= 0.3 is 0 Å². The molecule has 1 N–H and O–H groups in total. The third-order valence-electron chi connectivity index (χ3n) is 6.68. The second kappa shape index (κ2) is 8.28. The molecule has 33 heavy (non-hydrogen) atoms. The Morgan fingerprint density at radius 3 is 1.94 bits per heavy atom. The first-order valence-electron chi connectivity index (χ1n) is 11.4. The third-order valence-corrected chi connectivity index (χ3v) is 6.68. The zero-order valence-electron chi connectivity index (χ0n) is 19.7. The SMILES string of the molecule is CN(C)c1cccc(C2(c3cccc(N(C)C)c3)C=Cc3c(-c4ccccc4)n[nH]c3C2)c1. The summed E-state index contributed by atoms with van der Waals surface area (Å²) < 4.78 is 0. The van der Waals surface area contributed by atoms with Crippen molar-refractivity contribution in [2.45, 2.75) is 11.8 Å². The highest BCUT2D eigenvalue weighted by molar-refractivity contribution is 5.77. The van der Waals surface area contributed by atoms with E-state index in [0.29, 0.717) is 0 Å². The van der Waals surface area contributed by atoms with Crippen LogP contribution in [-0.2, 0) is 11.8 Å². The minimum Gasteiger partial charge on any atom is -0.378 e. The van der Waals surface area contributed by atoms with E-state index in [4.69, 9.17) is 5.10 Å². The number of nitrogens with one attached hydrogen (secondary N) is 1. The number of hydrogen-bond donors (Lipinski definition) is 1. The summed E-state index contributed by atoms with van der Waals surface area (Å²) in [5.41, 5.74) is 9.17. The first kappa shape index (κ1) is 21.1. The number of aromatic nitrogens is 2. The molecule has 1 aromatic heterocycles. The first-order valence-corrected chi connectivity index (χ1v) is 11.4. The van der Waals surface area contributed by atoms with Gasteiger partial charge < -0.3 is 9.80 Å². The van der Waals surface area contributed by atoms with Crippen LogP contribution >= 0.6 is 0 Å². The zero-order chi connectivity index (χ0) is 23.0.